The number of dihydropyridines is 1. The van der Waals surface area contributed by atoms with Crippen LogP contribution < -0.4 is 0 Å². The Labute approximate surface area is 643 Å². The molecule has 8 rings (SSSR count). The minimum absolute atomic E-state index is 0. The van der Waals surface area contributed by atoms with Gasteiger partial charge in [0.25, 0.3) is 0 Å². The molecule has 3 aromatic carbocycles. The van der Waals surface area contributed by atoms with E-state index in [1.807, 2.05) is 148 Å². The molecule has 0 unspecified atom stereocenters. The third-order valence-electron chi connectivity index (χ3n) is 9.83. The summed E-state index contributed by atoms with van der Waals surface area (Å²) in [6.07, 6.45) is 20.3. The number of pyridine rings is 3. The third kappa shape index (κ3) is 49.8. The molecule has 36 heteroatoms. The number of aromatic nitrogens is 3. The molecule has 2 aliphatic rings. The summed E-state index contributed by atoms with van der Waals surface area (Å²) in [5.74, 6) is 2.58. The van der Waals surface area contributed by atoms with Gasteiger partial charge in [0.05, 0.1) is 47.1 Å². The maximum atomic E-state index is 10.7. The first-order chi connectivity index (χ1) is 43.5. The van der Waals surface area contributed by atoms with Crippen molar-refractivity contribution in [3.63, 3.8) is 0 Å². The Kier molecular flexibility index (Phi) is 54.8. The molecule has 0 radical (unpaired) electrons. The van der Waals surface area contributed by atoms with E-state index < -0.39 is 48.4 Å². The Morgan fingerprint density at radius 2 is 0.979 bits per heavy atom. The zero-order valence-electron chi connectivity index (χ0n) is 50.2. The smallest absolute Gasteiger partial charge is 0.485 e. The van der Waals surface area contributed by atoms with Crippen LogP contribution in [0.1, 0.15) is 58.4 Å². The van der Waals surface area contributed by atoms with Gasteiger partial charge in [0, 0.05) is 121 Å². The van der Waals surface area contributed by atoms with Gasteiger partial charge >= 0.3 is 11.0 Å². The van der Waals surface area contributed by atoms with Gasteiger partial charge in [-0.2, -0.15) is 50.0 Å². The fourth-order valence-electron chi connectivity index (χ4n) is 5.85. The van der Waals surface area contributed by atoms with Crippen molar-refractivity contribution >= 4 is 199 Å². The summed E-state index contributed by atoms with van der Waals surface area (Å²) in [6.45, 7) is 12.3. The van der Waals surface area contributed by atoms with E-state index >= 15 is 0 Å². The van der Waals surface area contributed by atoms with E-state index in [0.29, 0.717) is 11.4 Å². The molecule has 0 fully saturated rings. The molecular formula is C60H56Cl12F6N8O6Pd2S2-2. The van der Waals surface area contributed by atoms with E-state index in [9.17, 15) is 26.3 Å². The Bertz CT molecular complexity index is 3450. The number of nitrogens with zero attached hydrogens (tertiary/aromatic N) is 6. The van der Waals surface area contributed by atoms with E-state index in [2.05, 4.69) is 71.9 Å². The summed E-state index contributed by atoms with van der Waals surface area (Å²) in [6, 6.07) is 41.2. The molecule has 0 spiro atoms. The molecule has 1 aliphatic heterocycles. The van der Waals surface area contributed by atoms with Crippen molar-refractivity contribution in [2.75, 3.05) is 0 Å². The van der Waals surface area contributed by atoms with Crippen LogP contribution >= 0.6 is 139 Å². The number of alkyl halides is 18. The number of rotatable bonds is 7. The molecule has 6 aromatic rings. The summed E-state index contributed by atoms with van der Waals surface area (Å²) >= 11 is 57.7. The van der Waals surface area contributed by atoms with Gasteiger partial charge < -0.3 is 14.8 Å². The minimum atomic E-state index is -6.09. The van der Waals surface area contributed by atoms with E-state index in [4.69, 9.17) is 186 Å². The minimum Gasteiger partial charge on any atom is -0.741 e. The fourth-order valence-corrected chi connectivity index (χ4v) is 5.85. The van der Waals surface area contributed by atoms with Crippen LogP contribution in [0.4, 0.5) is 43.4 Å². The number of aliphatic imine (C=N–C) groups is 3. The monoisotopic (exact) mass is 1790 g/mol. The molecule has 0 atom stereocenters. The standard InChI is InChI=1S/2C22H21N3.2C5H5N.4CHCl3.2CHF3O3S.2Pd/c2*1-15(2)17-11-13-18(14-12-17)24-16(3)21-9-6-10-22(25-21)19-7-4-5-8-20(19)23;2*1-2-4-6-5-3-1;4*2-1(3)4;2*2-1(3,4)8(5,6)7;;/h2*4-14,23H,1-3H3;2*1-5H;4*1H;2*(H,5,6,7);;/p-2/b22-19-,23-20?,24-16?;;;;;;;;;;;. The zero-order chi connectivity index (χ0) is 72.4. The average Bonchev–Trinajstić information content (AvgIpc) is 0.867. The number of hydrogen-bond donors (Lipinski definition) is 1. The van der Waals surface area contributed by atoms with Crippen LogP contribution in [0.2, 0.25) is 0 Å². The first-order valence-electron chi connectivity index (χ1n) is 25.4. The number of halogens is 18. The number of benzene rings is 3. The van der Waals surface area contributed by atoms with E-state index in [1.54, 1.807) is 36.9 Å². The van der Waals surface area contributed by atoms with Gasteiger partial charge in [-0.15, -0.1) is 5.69 Å². The third-order valence-corrected chi connectivity index (χ3v) is 11.0. The van der Waals surface area contributed by atoms with E-state index in [0.717, 1.165) is 56.7 Å². The topological polar surface area (TPSA) is 238 Å². The van der Waals surface area contributed by atoms with E-state index in [1.165, 1.54) is 23.0 Å². The second-order valence-electron chi connectivity index (χ2n) is 17.2. The number of hydrogen-bond acceptors (Lipinski definition) is 13. The molecule has 1 aliphatic carbocycles. The Hall–Kier alpha value is -3.64. The van der Waals surface area contributed by atoms with Crippen molar-refractivity contribution < 1.29 is 93.1 Å². The normalized spacial score (nSPS) is 12.9. The predicted molar refractivity (Wildman–Crippen MR) is 378 cm³/mol. The van der Waals surface area contributed by atoms with Crippen LogP contribution in [-0.4, -0.2) is 91.9 Å². The molecule has 14 nitrogen and oxygen atoms in total. The van der Waals surface area contributed by atoms with E-state index in [-0.39, 0.29) is 40.8 Å². The predicted octanol–water partition coefficient (Wildman–Crippen LogP) is 22.1. The van der Waals surface area contributed by atoms with Gasteiger partial charge in [-0.1, -0.05) is 214 Å². The van der Waals surface area contributed by atoms with Crippen LogP contribution in [0.25, 0.3) is 17.0 Å². The van der Waals surface area contributed by atoms with Crippen LogP contribution in [-0.2, 0) is 61.1 Å². The molecule has 0 amide bonds. The van der Waals surface area contributed by atoms with Crippen LogP contribution in [0.5, 0.6) is 0 Å². The fraction of sp³-hybridized carbons (Fsp3) is 0.200. The van der Waals surface area contributed by atoms with Gasteiger partial charge in [0.15, 0.2) is 43.1 Å². The van der Waals surface area contributed by atoms with Gasteiger partial charge in [0.2, 0.25) is 0 Å². The molecule has 4 heterocycles. The summed E-state index contributed by atoms with van der Waals surface area (Å²) in [7, 11) is -12.2. The van der Waals surface area contributed by atoms with Gasteiger partial charge in [-0.25, -0.2) is 31.8 Å². The molecule has 0 bridgehead atoms. The Balaban J connectivity index is -0.000000544. The maximum absolute atomic E-state index is 10.7. The first kappa shape index (κ1) is 98.7. The number of allylic oxidation sites excluding steroid dienone is 7. The second-order valence-corrected chi connectivity index (χ2v) is 27.9. The van der Waals surface area contributed by atoms with Crippen molar-refractivity contribution in [3.05, 3.63) is 241 Å². The molecule has 96 heavy (non-hydrogen) atoms. The summed E-state index contributed by atoms with van der Waals surface area (Å²) in [4.78, 5) is 26.3. The zero-order valence-corrected chi connectivity index (χ0v) is 64.0. The van der Waals surface area contributed by atoms with Gasteiger partial charge in [0.1, 0.15) is 22.6 Å². The summed E-state index contributed by atoms with van der Waals surface area (Å²) in [5.41, 5.74) is 8.59. The summed E-state index contributed by atoms with van der Waals surface area (Å²) in [5, 5.41) is 8.05. The Morgan fingerprint density at radius 3 is 1.33 bits per heavy atom. The van der Waals surface area contributed by atoms with Crippen molar-refractivity contribution in [2.24, 2.45) is 15.0 Å². The second kappa shape index (κ2) is 53.3. The maximum Gasteiger partial charge on any atom is 0.485 e. The Morgan fingerprint density at radius 1 is 0.583 bits per heavy atom. The molecule has 3 aromatic heterocycles. The van der Waals surface area contributed by atoms with Crippen molar-refractivity contribution in [2.45, 2.75) is 69.7 Å². The number of nitrogens with one attached hydrogen (secondary N) is 2. The first-order valence-corrected chi connectivity index (χ1v) is 33.5. The molecule has 0 saturated carbocycles. The van der Waals surface area contributed by atoms with Crippen LogP contribution in [0.3, 0.4) is 0 Å². The molecule has 532 valence electrons. The van der Waals surface area contributed by atoms with Crippen molar-refractivity contribution in [1.82, 2.24) is 15.0 Å². The van der Waals surface area contributed by atoms with Crippen LogP contribution in [0.15, 0.2) is 215 Å². The largest absolute Gasteiger partial charge is 0.741 e. The summed E-state index contributed by atoms with van der Waals surface area (Å²) < 4.78 is 115. The van der Waals surface area contributed by atoms with Crippen molar-refractivity contribution in [1.29, 1.82) is 5.41 Å². The molecule has 0 saturated heterocycles. The van der Waals surface area contributed by atoms with Gasteiger partial charge in [-0.3, -0.25) is 20.4 Å². The quantitative estimate of drug-likeness (QED) is 0.0304. The van der Waals surface area contributed by atoms with Crippen LogP contribution in [0, 0.1) is 23.7 Å². The van der Waals surface area contributed by atoms with Gasteiger partial charge in [-0.05, 0) is 68.0 Å². The molecule has 2 N–H and O–H groups in total. The molecular weight excluding hydrogens is 1750 g/mol. The SMILES string of the molecule is CC(=Nc1ccc([C+](C)C)cc1)c1cccc(-c2ccccc2[NH-])n1.CC(=Nc1ccc([C-](C)C)cc1)C1=N/C(=C2/C=CC=CC2=N)[CH+]C=C1.ClC(Cl)Cl.ClC(Cl)Cl.ClC(Cl)Cl.ClC(Cl)Cl.O=S(=O)([O-])C(F)(F)F.O=S(=O)([O-])C(F)(F)F.[Pd].[Pd].c1ccncc1.c1ccncc1. The average molecular weight is 1800 g/mol. The van der Waals surface area contributed by atoms with Crippen molar-refractivity contribution in [3.8, 4) is 11.3 Å².